The van der Waals surface area contributed by atoms with Crippen LogP contribution in [0.2, 0.25) is 0 Å². The van der Waals surface area contributed by atoms with Crippen LogP contribution in [0.4, 0.5) is 11.4 Å². The van der Waals surface area contributed by atoms with Crippen LogP contribution in [-0.2, 0) is 10.2 Å². The van der Waals surface area contributed by atoms with Crippen LogP contribution in [0.15, 0.2) is 36.4 Å². The van der Waals surface area contributed by atoms with Gasteiger partial charge in [0.2, 0.25) is 0 Å². The average Bonchev–Trinajstić information content (AvgIpc) is 3.15. The number of aromatic nitrogens is 1. The van der Waals surface area contributed by atoms with Gasteiger partial charge in [-0.1, -0.05) is 31.5 Å². The minimum atomic E-state index is -3.39. The van der Waals surface area contributed by atoms with Crippen molar-refractivity contribution >= 4 is 21.6 Å². The summed E-state index contributed by atoms with van der Waals surface area (Å²) in [5.74, 6) is 0.115. The molecule has 1 atom stereocenters. The van der Waals surface area contributed by atoms with Gasteiger partial charge in [0.15, 0.2) is 0 Å². The van der Waals surface area contributed by atoms with E-state index in [0.29, 0.717) is 26.2 Å². The second-order valence-corrected chi connectivity index (χ2v) is 9.28. The molecule has 0 radical (unpaired) electrons. The molecular weight excluding hydrogens is 372 g/mol. The van der Waals surface area contributed by atoms with Gasteiger partial charge in [0.1, 0.15) is 0 Å². The van der Waals surface area contributed by atoms with Gasteiger partial charge in [-0.05, 0) is 44.5 Å². The van der Waals surface area contributed by atoms with Crippen molar-refractivity contribution in [2.75, 3.05) is 31.5 Å². The number of benzene rings is 1. The molecule has 1 unspecified atom stereocenters. The number of anilines is 2. The minimum absolute atomic E-state index is 0.115. The van der Waals surface area contributed by atoms with Crippen molar-refractivity contribution in [2.24, 2.45) is 0 Å². The predicted octanol–water partition coefficient (Wildman–Crippen LogP) is 3.82. The quantitative estimate of drug-likeness (QED) is 0.765. The van der Waals surface area contributed by atoms with Crippen LogP contribution in [-0.4, -0.2) is 48.2 Å². The van der Waals surface area contributed by atoms with Crippen LogP contribution in [0.5, 0.6) is 0 Å². The molecule has 0 amide bonds. The van der Waals surface area contributed by atoms with E-state index in [1.165, 1.54) is 9.87 Å². The fourth-order valence-corrected chi connectivity index (χ4v) is 5.36. The highest BCUT2D eigenvalue weighted by Crippen LogP contribution is 2.31. The molecule has 2 heterocycles. The Morgan fingerprint density at radius 2 is 1.79 bits per heavy atom. The molecule has 0 spiro atoms. The topological polar surface area (TPSA) is 65.5 Å². The Morgan fingerprint density at radius 1 is 1.11 bits per heavy atom. The molecule has 0 bridgehead atoms. The van der Waals surface area contributed by atoms with E-state index in [-0.39, 0.29) is 5.92 Å². The molecule has 1 saturated heterocycles. The third-order valence-electron chi connectivity index (χ3n) is 5.24. The van der Waals surface area contributed by atoms with Crippen molar-refractivity contribution in [3.8, 4) is 0 Å². The lowest BCUT2D eigenvalue weighted by molar-refractivity contribution is 0.377. The first kappa shape index (κ1) is 20.8. The van der Waals surface area contributed by atoms with Crippen LogP contribution >= 0.6 is 0 Å². The summed E-state index contributed by atoms with van der Waals surface area (Å²) in [4.78, 5) is 4.70. The summed E-state index contributed by atoms with van der Waals surface area (Å²) in [5, 5.41) is 3.43. The molecule has 0 saturated carbocycles. The van der Waals surface area contributed by atoms with Gasteiger partial charge in [0, 0.05) is 54.9 Å². The second-order valence-electron chi connectivity index (χ2n) is 7.35. The van der Waals surface area contributed by atoms with Crippen molar-refractivity contribution in [1.29, 1.82) is 0 Å². The summed E-state index contributed by atoms with van der Waals surface area (Å²) in [6.45, 7) is 9.80. The van der Waals surface area contributed by atoms with Crippen LogP contribution in [0.1, 0.15) is 43.1 Å². The highest BCUT2D eigenvalue weighted by atomic mass is 32.2. The van der Waals surface area contributed by atoms with Gasteiger partial charge in [-0.25, -0.2) is 0 Å². The van der Waals surface area contributed by atoms with Crippen LogP contribution in [0, 0.1) is 13.8 Å². The molecule has 2 aromatic rings. The van der Waals surface area contributed by atoms with E-state index in [2.05, 4.69) is 36.5 Å². The van der Waals surface area contributed by atoms with Crippen molar-refractivity contribution in [3.05, 3.63) is 53.3 Å². The lowest BCUT2D eigenvalue weighted by Gasteiger charge is -2.25. The Bertz CT molecular complexity index is 909. The molecule has 28 heavy (non-hydrogen) atoms. The standard InChI is InChI=1S/C21H30N4O2S/c1-5-24(6-2)28(26,27)25-12-11-18(15-25)21-14-20(13-17(4)22-21)23-19-9-7-16(3)8-10-19/h7-10,13-14,18H,5-6,11-12,15H2,1-4H3,(H,22,23). The minimum Gasteiger partial charge on any atom is -0.355 e. The smallest absolute Gasteiger partial charge is 0.281 e. The summed E-state index contributed by atoms with van der Waals surface area (Å²) < 4.78 is 28.7. The van der Waals surface area contributed by atoms with Gasteiger partial charge in [0.25, 0.3) is 10.2 Å². The van der Waals surface area contributed by atoms with Crippen molar-refractivity contribution < 1.29 is 8.42 Å². The second kappa shape index (κ2) is 8.59. The molecule has 0 aliphatic carbocycles. The summed E-state index contributed by atoms with van der Waals surface area (Å²) in [6, 6.07) is 12.3. The zero-order valence-electron chi connectivity index (χ0n) is 17.1. The van der Waals surface area contributed by atoms with Gasteiger partial charge in [0.05, 0.1) is 0 Å². The van der Waals surface area contributed by atoms with Crippen LogP contribution in [0.3, 0.4) is 0 Å². The van der Waals surface area contributed by atoms with E-state index < -0.39 is 10.2 Å². The molecule has 6 nitrogen and oxygen atoms in total. The maximum Gasteiger partial charge on any atom is 0.281 e. The third-order valence-corrected chi connectivity index (χ3v) is 7.39. The predicted molar refractivity (Wildman–Crippen MR) is 114 cm³/mol. The maximum atomic E-state index is 12.8. The molecule has 1 aromatic carbocycles. The van der Waals surface area contributed by atoms with E-state index in [1.807, 2.05) is 32.9 Å². The first-order valence-corrected chi connectivity index (χ1v) is 11.3. The molecule has 1 N–H and O–H groups in total. The molecule has 3 rings (SSSR count). The van der Waals surface area contributed by atoms with Crippen LogP contribution < -0.4 is 5.32 Å². The Labute approximate surface area is 168 Å². The number of rotatable bonds is 7. The van der Waals surface area contributed by atoms with Gasteiger partial charge < -0.3 is 5.32 Å². The Hall–Kier alpha value is -1.96. The zero-order chi connectivity index (χ0) is 20.3. The van der Waals surface area contributed by atoms with Gasteiger partial charge in [-0.3, -0.25) is 4.98 Å². The van der Waals surface area contributed by atoms with Gasteiger partial charge in [-0.2, -0.15) is 17.0 Å². The molecule has 1 aliphatic rings. The highest BCUT2D eigenvalue weighted by Gasteiger charge is 2.35. The largest absolute Gasteiger partial charge is 0.355 e. The average molecular weight is 403 g/mol. The highest BCUT2D eigenvalue weighted by molar-refractivity contribution is 7.86. The SMILES string of the molecule is CCN(CC)S(=O)(=O)N1CCC(c2cc(Nc3ccc(C)cc3)cc(C)n2)C1. The molecule has 1 aromatic heterocycles. The van der Waals surface area contributed by atoms with E-state index in [0.717, 1.165) is 29.2 Å². The number of pyridine rings is 1. The number of aryl methyl sites for hydroxylation is 2. The molecule has 7 heteroatoms. The number of nitrogens with zero attached hydrogens (tertiary/aromatic N) is 3. The van der Waals surface area contributed by atoms with Crippen molar-refractivity contribution in [1.82, 2.24) is 13.6 Å². The van der Waals surface area contributed by atoms with E-state index >= 15 is 0 Å². The fraction of sp³-hybridized carbons (Fsp3) is 0.476. The van der Waals surface area contributed by atoms with Gasteiger partial charge in [-0.15, -0.1) is 0 Å². The summed E-state index contributed by atoms with van der Waals surface area (Å²) in [7, 11) is -3.39. The van der Waals surface area contributed by atoms with Crippen molar-refractivity contribution in [3.63, 3.8) is 0 Å². The molecular formula is C21H30N4O2S. The maximum absolute atomic E-state index is 12.8. The van der Waals surface area contributed by atoms with E-state index in [9.17, 15) is 8.42 Å². The third kappa shape index (κ3) is 4.54. The zero-order valence-corrected chi connectivity index (χ0v) is 18.0. The molecule has 1 fully saturated rings. The van der Waals surface area contributed by atoms with Gasteiger partial charge >= 0.3 is 0 Å². The Morgan fingerprint density at radius 3 is 2.43 bits per heavy atom. The lowest BCUT2D eigenvalue weighted by Crippen LogP contribution is -2.42. The monoisotopic (exact) mass is 402 g/mol. The van der Waals surface area contributed by atoms with E-state index in [1.54, 1.807) is 4.31 Å². The first-order chi connectivity index (χ1) is 13.3. The number of hydrogen-bond donors (Lipinski definition) is 1. The number of hydrogen-bond acceptors (Lipinski definition) is 4. The summed E-state index contributed by atoms with van der Waals surface area (Å²) in [5.41, 5.74) is 5.11. The molecule has 1 aliphatic heterocycles. The Kier molecular flexibility index (Phi) is 6.37. The number of nitrogens with one attached hydrogen (secondary N) is 1. The fourth-order valence-electron chi connectivity index (χ4n) is 3.67. The summed E-state index contributed by atoms with van der Waals surface area (Å²) in [6.07, 6.45) is 0.793. The van der Waals surface area contributed by atoms with Crippen LogP contribution in [0.25, 0.3) is 0 Å². The first-order valence-electron chi connectivity index (χ1n) is 9.91. The van der Waals surface area contributed by atoms with E-state index in [4.69, 9.17) is 4.98 Å². The Balaban J connectivity index is 1.77. The van der Waals surface area contributed by atoms with Crippen molar-refractivity contribution in [2.45, 2.75) is 40.0 Å². The molecule has 152 valence electrons. The normalized spacial score (nSPS) is 18.0. The summed E-state index contributed by atoms with van der Waals surface area (Å²) >= 11 is 0. The lowest BCUT2D eigenvalue weighted by atomic mass is 10.0.